The molecule has 0 aliphatic carbocycles. The molecule has 2 N–H and O–H groups in total. The number of nitrogens with two attached hydrogens (primary N) is 1. The molecule has 0 heterocycles. The lowest BCUT2D eigenvalue weighted by molar-refractivity contribution is 1.18. The number of hydrogen-bond donors (Lipinski definition) is 1. The Kier molecular flexibility index (Phi) is 5.68. The van der Waals surface area contributed by atoms with Gasteiger partial charge in [-0.2, -0.15) is 0 Å². The topological polar surface area (TPSA) is 38.4 Å². The van der Waals surface area contributed by atoms with Crippen molar-refractivity contribution in [1.29, 1.82) is 0 Å². The molecule has 2 heteroatoms. The minimum absolute atomic E-state index is 0.547. The van der Waals surface area contributed by atoms with Gasteiger partial charge in [-0.05, 0) is 12.0 Å². The Morgan fingerprint density at radius 1 is 1.70 bits per heavy atom. The minimum atomic E-state index is 0.547. The van der Waals surface area contributed by atoms with E-state index in [0.29, 0.717) is 6.54 Å². The smallest absolute Gasteiger partial charge is 0.0277 e. The quantitative estimate of drug-likeness (QED) is 0.459. The van der Waals surface area contributed by atoms with Gasteiger partial charge in [0.25, 0.3) is 0 Å². The first kappa shape index (κ1) is 9.11. The Labute approximate surface area is 62.1 Å². The molecule has 56 valence electrons. The number of hydrogen-bond acceptors (Lipinski definition) is 2. The Balaban J connectivity index is 3.90. The van der Waals surface area contributed by atoms with Crippen molar-refractivity contribution in [3.63, 3.8) is 0 Å². The second-order valence-electron chi connectivity index (χ2n) is 1.89. The van der Waals surface area contributed by atoms with E-state index in [9.17, 15) is 0 Å². The highest BCUT2D eigenvalue weighted by molar-refractivity contribution is 5.78. The van der Waals surface area contributed by atoms with Crippen LogP contribution in [0.2, 0.25) is 0 Å². The number of rotatable bonds is 4. The van der Waals surface area contributed by atoms with Crippen molar-refractivity contribution >= 4 is 6.21 Å². The van der Waals surface area contributed by atoms with Crippen molar-refractivity contribution in [2.24, 2.45) is 10.7 Å². The van der Waals surface area contributed by atoms with Gasteiger partial charge in [0.05, 0.1) is 0 Å². The van der Waals surface area contributed by atoms with Gasteiger partial charge < -0.3 is 5.73 Å². The molecule has 0 bridgehead atoms. The highest BCUT2D eigenvalue weighted by atomic mass is 14.6. The number of aliphatic imine (C=N–C) groups is 1. The Morgan fingerprint density at radius 2 is 2.40 bits per heavy atom. The number of nitrogens with zero attached hydrogens (tertiary/aromatic N) is 1. The van der Waals surface area contributed by atoms with Crippen molar-refractivity contribution in [2.45, 2.75) is 6.42 Å². The van der Waals surface area contributed by atoms with Gasteiger partial charge in [-0.1, -0.05) is 12.2 Å². The highest BCUT2D eigenvalue weighted by Crippen LogP contribution is 1.91. The zero-order valence-electron chi connectivity index (χ0n) is 6.38. The molecule has 0 rings (SSSR count). The van der Waals surface area contributed by atoms with Crippen molar-refractivity contribution < 1.29 is 0 Å². The predicted molar refractivity (Wildman–Crippen MR) is 46.4 cm³/mol. The van der Waals surface area contributed by atoms with Crippen LogP contribution < -0.4 is 5.73 Å². The van der Waals surface area contributed by atoms with Gasteiger partial charge in [0.15, 0.2) is 0 Å². The maximum atomic E-state index is 5.41. The van der Waals surface area contributed by atoms with Crippen molar-refractivity contribution in [2.75, 3.05) is 13.6 Å². The summed E-state index contributed by atoms with van der Waals surface area (Å²) in [4.78, 5) is 3.85. The van der Waals surface area contributed by atoms with Crippen LogP contribution in [0.1, 0.15) is 6.42 Å². The van der Waals surface area contributed by atoms with Crippen molar-refractivity contribution in [3.05, 3.63) is 24.3 Å². The molecule has 0 atom stereocenters. The van der Waals surface area contributed by atoms with Crippen LogP contribution in [0.5, 0.6) is 0 Å². The zero-order chi connectivity index (χ0) is 7.82. The molecule has 0 unspecified atom stereocenters. The molecular formula is C8H14N2. The molecule has 0 aliphatic heterocycles. The summed E-state index contributed by atoms with van der Waals surface area (Å²) in [6.07, 6.45) is 6.47. The van der Waals surface area contributed by atoms with E-state index in [-0.39, 0.29) is 0 Å². The van der Waals surface area contributed by atoms with Crippen LogP contribution in [-0.4, -0.2) is 19.8 Å². The predicted octanol–water partition coefficient (Wildman–Crippen LogP) is 1.15. The van der Waals surface area contributed by atoms with E-state index < -0.39 is 0 Å². The maximum Gasteiger partial charge on any atom is 0.0277 e. The van der Waals surface area contributed by atoms with Crippen LogP contribution in [0.4, 0.5) is 0 Å². The second kappa shape index (κ2) is 6.23. The molecule has 0 amide bonds. The van der Waals surface area contributed by atoms with Gasteiger partial charge in [-0.3, -0.25) is 4.99 Å². The fourth-order valence-electron chi connectivity index (χ4n) is 0.589. The van der Waals surface area contributed by atoms with Gasteiger partial charge in [-0.25, -0.2) is 0 Å². The lowest BCUT2D eigenvalue weighted by atomic mass is 10.2. The Hall–Kier alpha value is -0.890. The molecule has 0 saturated heterocycles. The molecule has 0 aromatic carbocycles. The molecule has 0 radical (unpaired) electrons. The summed E-state index contributed by atoms with van der Waals surface area (Å²) in [5.74, 6) is 0. The molecule has 0 fully saturated rings. The molecule has 0 aromatic heterocycles. The monoisotopic (exact) mass is 138 g/mol. The fraction of sp³-hybridized carbons (Fsp3) is 0.375. The van der Waals surface area contributed by atoms with Gasteiger partial charge >= 0.3 is 0 Å². The van der Waals surface area contributed by atoms with Crippen LogP contribution in [0.25, 0.3) is 0 Å². The first-order chi connectivity index (χ1) is 4.85. The summed E-state index contributed by atoms with van der Waals surface area (Å²) in [7, 11) is 1.73. The molecular weight excluding hydrogens is 124 g/mol. The van der Waals surface area contributed by atoms with Crippen molar-refractivity contribution in [1.82, 2.24) is 0 Å². The summed E-state index contributed by atoms with van der Waals surface area (Å²) in [6.45, 7) is 4.14. The van der Waals surface area contributed by atoms with Crippen LogP contribution in [0, 0.1) is 0 Å². The van der Waals surface area contributed by atoms with E-state index >= 15 is 0 Å². The largest absolute Gasteiger partial charge is 0.326 e. The third-order valence-electron chi connectivity index (χ3n) is 1.08. The Morgan fingerprint density at radius 3 is 2.80 bits per heavy atom. The lowest BCUT2D eigenvalue weighted by Gasteiger charge is -1.92. The van der Waals surface area contributed by atoms with Crippen LogP contribution in [0.15, 0.2) is 29.3 Å². The first-order valence-electron chi connectivity index (χ1n) is 3.27. The lowest BCUT2D eigenvalue weighted by Crippen LogP contribution is -2.03. The summed E-state index contributed by atoms with van der Waals surface area (Å²) < 4.78 is 0. The molecule has 10 heavy (non-hydrogen) atoms. The van der Waals surface area contributed by atoms with Crippen LogP contribution in [-0.2, 0) is 0 Å². The van der Waals surface area contributed by atoms with Crippen LogP contribution >= 0.6 is 0 Å². The summed E-state index contributed by atoms with van der Waals surface area (Å²) >= 11 is 0. The SMILES string of the molecule is C=CC/C=C(\C=N/C)CN. The third kappa shape index (κ3) is 4.04. The zero-order valence-corrected chi connectivity index (χ0v) is 6.38. The number of allylic oxidation sites excluding steroid dienone is 2. The van der Waals surface area contributed by atoms with E-state index in [1.54, 1.807) is 13.3 Å². The molecule has 0 saturated carbocycles. The van der Waals surface area contributed by atoms with Gasteiger partial charge in [0, 0.05) is 19.8 Å². The van der Waals surface area contributed by atoms with E-state index in [1.807, 2.05) is 12.2 Å². The molecule has 0 spiro atoms. The first-order valence-corrected chi connectivity index (χ1v) is 3.27. The summed E-state index contributed by atoms with van der Waals surface area (Å²) in [6, 6.07) is 0. The highest BCUT2D eigenvalue weighted by Gasteiger charge is 1.84. The normalized spacial score (nSPS) is 12.4. The van der Waals surface area contributed by atoms with E-state index in [0.717, 1.165) is 12.0 Å². The van der Waals surface area contributed by atoms with Crippen LogP contribution in [0.3, 0.4) is 0 Å². The third-order valence-corrected chi connectivity index (χ3v) is 1.08. The van der Waals surface area contributed by atoms with Gasteiger partial charge in [-0.15, -0.1) is 6.58 Å². The fourth-order valence-corrected chi connectivity index (χ4v) is 0.589. The van der Waals surface area contributed by atoms with Crippen molar-refractivity contribution in [3.8, 4) is 0 Å². The second-order valence-corrected chi connectivity index (χ2v) is 1.89. The van der Waals surface area contributed by atoms with Gasteiger partial charge in [0.1, 0.15) is 0 Å². The molecule has 2 nitrogen and oxygen atoms in total. The average Bonchev–Trinajstić information content (AvgIpc) is 1.98. The Bertz CT molecular complexity index is 145. The van der Waals surface area contributed by atoms with E-state index in [2.05, 4.69) is 11.6 Å². The van der Waals surface area contributed by atoms with E-state index in [4.69, 9.17) is 5.73 Å². The van der Waals surface area contributed by atoms with E-state index in [1.165, 1.54) is 0 Å². The average molecular weight is 138 g/mol. The molecule has 0 aliphatic rings. The maximum absolute atomic E-state index is 5.41. The molecule has 0 aromatic rings. The summed E-state index contributed by atoms with van der Waals surface area (Å²) in [5.41, 5.74) is 6.46. The minimum Gasteiger partial charge on any atom is -0.326 e. The summed E-state index contributed by atoms with van der Waals surface area (Å²) in [5, 5.41) is 0. The standard InChI is InChI=1S/C8H14N2/c1-3-4-5-8(6-9)7-10-2/h3,5,7H,1,4,6,9H2,2H3/b8-5-,10-7-. The van der Waals surface area contributed by atoms with Gasteiger partial charge in [0.2, 0.25) is 0 Å².